The van der Waals surface area contributed by atoms with Crippen LogP contribution in [0.5, 0.6) is 0 Å². The van der Waals surface area contributed by atoms with Crippen molar-refractivity contribution >= 4 is 10.0 Å². The maximum absolute atomic E-state index is 12.0. The average Bonchev–Trinajstić information content (AvgIpc) is 2.46. The zero-order valence-electron chi connectivity index (χ0n) is 11.5. The molecule has 2 rings (SSSR count). The van der Waals surface area contributed by atoms with Crippen LogP contribution >= 0.6 is 0 Å². The molecule has 0 saturated heterocycles. The lowest BCUT2D eigenvalue weighted by atomic mass is 10.1. The molecule has 0 amide bonds. The van der Waals surface area contributed by atoms with Crippen molar-refractivity contribution in [3.05, 3.63) is 71.3 Å². The Morgan fingerprint density at radius 1 is 0.850 bits per heavy atom. The number of sulfonamides is 1. The van der Waals surface area contributed by atoms with E-state index >= 15 is 0 Å². The van der Waals surface area contributed by atoms with E-state index in [1.54, 1.807) is 0 Å². The minimum Gasteiger partial charge on any atom is -0.212 e. The van der Waals surface area contributed by atoms with Crippen LogP contribution in [-0.4, -0.2) is 8.42 Å². The van der Waals surface area contributed by atoms with Gasteiger partial charge in [0, 0.05) is 6.54 Å². The van der Waals surface area contributed by atoms with E-state index in [1.807, 2.05) is 54.6 Å². The lowest BCUT2D eigenvalue weighted by Crippen LogP contribution is -2.24. The molecule has 2 aromatic rings. The van der Waals surface area contributed by atoms with Gasteiger partial charge in [0.2, 0.25) is 10.0 Å². The fraction of sp³-hybridized carbons (Fsp3) is 0.250. The van der Waals surface area contributed by atoms with Crippen LogP contribution in [0.25, 0.3) is 0 Å². The van der Waals surface area contributed by atoms with Crippen LogP contribution in [0.3, 0.4) is 0 Å². The van der Waals surface area contributed by atoms with Crippen LogP contribution in [0.15, 0.2) is 54.6 Å². The SMILES string of the molecule is CCc1ccc(CNS(=O)(=O)Cc2ccccc2)cc1. The van der Waals surface area contributed by atoms with Crippen molar-refractivity contribution in [2.24, 2.45) is 0 Å². The number of aryl methyl sites for hydroxylation is 1. The summed E-state index contributed by atoms with van der Waals surface area (Å²) in [5.41, 5.74) is 3.01. The smallest absolute Gasteiger partial charge is 0.212 e. The van der Waals surface area contributed by atoms with E-state index in [9.17, 15) is 8.42 Å². The summed E-state index contributed by atoms with van der Waals surface area (Å²) >= 11 is 0. The van der Waals surface area contributed by atoms with Crippen molar-refractivity contribution in [2.75, 3.05) is 0 Å². The largest absolute Gasteiger partial charge is 0.216 e. The quantitative estimate of drug-likeness (QED) is 0.889. The number of hydrogen-bond acceptors (Lipinski definition) is 2. The van der Waals surface area contributed by atoms with Crippen molar-refractivity contribution < 1.29 is 8.42 Å². The highest BCUT2D eigenvalue weighted by atomic mass is 32.2. The third-order valence-electron chi connectivity index (χ3n) is 3.13. The van der Waals surface area contributed by atoms with E-state index in [2.05, 4.69) is 11.6 Å². The Balaban J connectivity index is 1.95. The lowest BCUT2D eigenvalue weighted by molar-refractivity contribution is 0.580. The molecule has 1 N–H and O–H groups in total. The van der Waals surface area contributed by atoms with Crippen LogP contribution in [0.2, 0.25) is 0 Å². The molecule has 0 unspecified atom stereocenters. The van der Waals surface area contributed by atoms with Crippen LogP contribution in [0, 0.1) is 0 Å². The van der Waals surface area contributed by atoms with E-state index in [4.69, 9.17) is 0 Å². The number of hydrogen-bond donors (Lipinski definition) is 1. The highest BCUT2D eigenvalue weighted by molar-refractivity contribution is 7.88. The topological polar surface area (TPSA) is 46.2 Å². The second kappa shape index (κ2) is 6.68. The third-order valence-corrected chi connectivity index (χ3v) is 4.42. The van der Waals surface area contributed by atoms with E-state index in [-0.39, 0.29) is 5.75 Å². The minimum absolute atomic E-state index is 0.0148. The van der Waals surface area contributed by atoms with Crippen molar-refractivity contribution in [3.8, 4) is 0 Å². The van der Waals surface area contributed by atoms with E-state index in [0.29, 0.717) is 6.54 Å². The van der Waals surface area contributed by atoms with Gasteiger partial charge in [-0.1, -0.05) is 61.5 Å². The van der Waals surface area contributed by atoms with Gasteiger partial charge in [0.1, 0.15) is 0 Å². The average molecular weight is 289 g/mol. The first-order valence-electron chi connectivity index (χ1n) is 6.68. The predicted octanol–water partition coefficient (Wildman–Crippen LogP) is 2.87. The first kappa shape index (κ1) is 14.8. The molecule has 0 aliphatic heterocycles. The van der Waals surface area contributed by atoms with Crippen LogP contribution in [-0.2, 0) is 28.7 Å². The van der Waals surface area contributed by atoms with Crippen molar-refractivity contribution in [1.29, 1.82) is 0 Å². The normalized spacial score (nSPS) is 11.4. The Labute approximate surface area is 120 Å². The molecule has 0 heterocycles. The Morgan fingerprint density at radius 2 is 1.45 bits per heavy atom. The second-order valence-corrected chi connectivity index (χ2v) is 6.54. The van der Waals surface area contributed by atoms with E-state index in [1.165, 1.54) is 5.56 Å². The van der Waals surface area contributed by atoms with Gasteiger partial charge in [-0.2, -0.15) is 0 Å². The third kappa shape index (κ3) is 4.47. The number of nitrogens with one attached hydrogen (secondary N) is 1. The van der Waals surface area contributed by atoms with Crippen LogP contribution in [0.4, 0.5) is 0 Å². The fourth-order valence-electron chi connectivity index (χ4n) is 1.93. The second-order valence-electron chi connectivity index (χ2n) is 4.74. The van der Waals surface area contributed by atoms with Gasteiger partial charge in [-0.3, -0.25) is 0 Å². The Morgan fingerprint density at radius 3 is 2.05 bits per heavy atom. The molecule has 0 bridgehead atoms. The van der Waals surface area contributed by atoms with Crippen LogP contribution < -0.4 is 4.72 Å². The molecule has 0 fully saturated rings. The molecule has 3 nitrogen and oxygen atoms in total. The minimum atomic E-state index is -3.30. The molecule has 2 aromatic carbocycles. The van der Waals surface area contributed by atoms with Crippen molar-refractivity contribution in [3.63, 3.8) is 0 Å². The standard InChI is InChI=1S/C16H19NO2S/c1-2-14-8-10-15(11-9-14)12-17-20(18,19)13-16-6-4-3-5-7-16/h3-11,17H,2,12-13H2,1H3. The molecular weight excluding hydrogens is 270 g/mol. The molecule has 20 heavy (non-hydrogen) atoms. The highest BCUT2D eigenvalue weighted by Crippen LogP contribution is 2.07. The zero-order valence-corrected chi connectivity index (χ0v) is 12.4. The summed E-state index contributed by atoms with van der Waals surface area (Å²) in [6.45, 7) is 2.43. The van der Waals surface area contributed by atoms with Gasteiger partial charge < -0.3 is 0 Å². The maximum atomic E-state index is 12.0. The monoisotopic (exact) mass is 289 g/mol. The molecular formula is C16H19NO2S. The Hall–Kier alpha value is -1.65. The highest BCUT2D eigenvalue weighted by Gasteiger charge is 2.10. The Bertz CT molecular complexity index is 634. The van der Waals surface area contributed by atoms with E-state index in [0.717, 1.165) is 17.5 Å². The predicted molar refractivity (Wildman–Crippen MR) is 81.7 cm³/mol. The van der Waals surface area contributed by atoms with Crippen molar-refractivity contribution in [1.82, 2.24) is 4.72 Å². The van der Waals surface area contributed by atoms with Gasteiger partial charge in [0.25, 0.3) is 0 Å². The molecule has 4 heteroatoms. The molecule has 0 saturated carbocycles. The van der Waals surface area contributed by atoms with Gasteiger partial charge in [-0.15, -0.1) is 0 Å². The summed E-state index contributed by atoms with van der Waals surface area (Å²) in [5, 5.41) is 0. The van der Waals surface area contributed by atoms with Gasteiger partial charge in [-0.25, -0.2) is 13.1 Å². The maximum Gasteiger partial charge on any atom is 0.216 e. The van der Waals surface area contributed by atoms with Gasteiger partial charge >= 0.3 is 0 Å². The summed E-state index contributed by atoms with van der Waals surface area (Å²) in [5.74, 6) is 0.0148. The summed E-state index contributed by atoms with van der Waals surface area (Å²) < 4.78 is 26.6. The molecule has 0 aliphatic rings. The first-order chi connectivity index (χ1) is 9.59. The van der Waals surface area contributed by atoms with E-state index < -0.39 is 10.0 Å². The Kier molecular flexibility index (Phi) is 4.93. The summed E-state index contributed by atoms with van der Waals surface area (Å²) in [4.78, 5) is 0. The van der Waals surface area contributed by atoms with Gasteiger partial charge in [-0.05, 0) is 23.1 Å². The fourth-order valence-corrected chi connectivity index (χ4v) is 3.05. The summed E-state index contributed by atoms with van der Waals surface area (Å²) in [7, 11) is -3.30. The van der Waals surface area contributed by atoms with Gasteiger partial charge in [0.05, 0.1) is 5.75 Å². The molecule has 0 aliphatic carbocycles. The first-order valence-corrected chi connectivity index (χ1v) is 8.33. The summed E-state index contributed by atoms with van der Waals surface area (Å²) in [6, 6.07) is 17.2. The number of benzene rings is 2. The zero-order chi connectivity index (χ0) is 14.4. The van der Waals surface area contributed by atoms with Crippen molar-refractivity contribution in [2.45, 2.75) is 25.6 Å². The lowest BCUT2D eigenvalue weighted by Gasteiger charge is -2.07. The molecule has 0 aromatic heterocycles. The number of rotatable bonds is 6. The molecule has 0 atom stereocenters. The molecule has 0 spiro atoms. The molecule has 0 radical (unpaired) electrons. The van der Waals surface area contributed by atoms with Gasteiger partial charge in [0.15, 0.2) is 0 Å². The van der Waals surface area contributed by atoms with Crippen LogP contribution in [0.1, 0.15) is 23.6 Å². The summed E-state index contributed by atoms with van der Waals surface area (Å²) in [6.07, 6.45) is 0.986. The molecule has 106 valence electrons.